The van der Waals surface area contributed by atoms with E-state index in [9.17, 15) is 9.18 Å². The lowest BCUT2D eigenvalue weighted by molar-refractivity contribution is -0.0510. The summed E-state index contributed by atoms with van der Waals surface area (Å²) in [7, 11) is 3.64. The molecule has 149 valence electrons. The highest BCUT2D eigenvalue weighted by Gasteiger charge is 2.45. The van der Waals surface area contributed by atoms with E-state index < -0.39 is 5.54 Å². The zero-order valence-electron chi connectivity index (χ0n) is 18.4. The molecule has 1 heterocycles. The minimum Gasteiger partial charge on any atom is -0.378 e. The van der Waals surface area contributed by atoms with E-state index in [-0.39, 0.29) is 22.6 Å². The van der Waals surface area contributed by atoms with Crippen molar-refractivity contribution in [2.45, 2.75) is 66.5 Å². The van der Waals surface area contributed by atoms with E-state index in [1.54, 1.807) is 20.1 Å². The quantitative estimate of drug-likeness (QED) is 0.698. The number of allylic oxidation sites excluding steroid dienone is 1. The smallest absolute Gasteiger partial charge is 0.189 e. The van der Waals surface area contributed by atoms with Crippen LogP contribution in [0.2, 0.25) is 0 Å². The van der Waals surface area contributed by atoms with E-state index in [1.165, 1.54) is 17.2 Å². The van der Waals surface area contributed by atoms with Crippen LogP contribution in [0.15, 0.2) is 23.3 Å². The number of halogens is 1. The highest BCUT2D eigenvalue weighted by Crippen LogP contribution is 2.50. The fourth-order valence-corrected chi connectivity index (χ4v) is 3.34. The van der Waals surface area contributed by atoms with Crippen LogP contribution in [0.1, 0.15) is 64.4 Å². The summed E-state index contributed by atoms with van der Waals surface area (Å²) in [6.45, 7) is 16.3. The molecule has 0 saturated heterocycles. The van der Waals surface area contributed by atoms with Gasteiger partial charge < -0.3 is 9.64 Å². The molecule has 0 amide bonds. The van der Waals surface area contributed by atoms with Crippen molar-refractivity contribution in [2.75, 3.05) is 19.1 Å². The van der Waals surface area contributed by atoms with Crippen LogP contribution in [-0.2, 0) is 4.74 Å². The topological polar surface area (TPSA) is 29.5 Å². The van der Waals surface area contributed by atoms with Gasteiger partial charge in [0.2, 0.25) is 0 Å². The normalized spacial score (nSPS) is 18.3. The molecule has 1 aliphatic heterocycles. The first-order valence-electron chi connectivity index (χ1n) is 9.38. The molecule has 3 rings (SSSR count). The predicted octanol–water partition coefficient (Wildman–Crippen LogP) is 5.52. The Morgan fingerprint density at radius 1 is 1.11 bits per heavy atom. The minimum atomic E-state index is -0.567. The van der Waals surface area contributed by atoms with Gasteiger partial charge in [0, 0.05) is 37.2 Å². The number of fused-ring (bicyclic) bond motifs is 1. The van der Waals surface area contributed by atoms with Crippen molar-refractivity contribution >= 4 is 11.5 Å². The molecule has 1 radical (unpaired) electrons. The highest BCUT2D eigenvalue weighted by atomic mass is 19.1. The molecule has 1 aliphatic carbocycles. The first-order valence-corrected chi connectivity index (χ1v) is 9.38. The number of ether oxygens (including phenoxy) is 1. The van der Waals surface area contributed by atoms with Gasteiger partial charge in [-0.3, -0.25) is 4.79 Å². The van der Waals surface area contributed by atoms with Gasteiger partial charge in [0.1, 0.15) is 5.82 Å². The number of aryl methyl sites for hydroxylation is 1. The lowest BCUT2D eigenvalue weighted by atomic mass is 9.74. The third-order valence-electron chi connectivity index (χ3n) is 6.67. The second kappa shape index (κ2) is 6.73. The molecule has 0 N–H and O–H groups in total. The summed E-state index contributed by atoms with van der Waals surface area (Å²) in [4.78, 5) is 13.9. The van der Waals surface area contributed by atoms with Crippen LogP contribution in [0.25, 0.3) is 0 Å². The summed E-state index contributed by atoms with van der Waals surface area (Å²) in [5.41, 5.74) is 4.24. The number of carbonyl (C=O) groups is 1. The number of hydrogen-bond donors (Lipinski definition) is 0. The minimum absolute atomic E-state index is 0.0149. The molecule has 0 bridgehead atoms. The fourth-order valence-electron chi connectivity index (χ4n) is 3.34. The van der Waals surface area contributed by atoms with E-state index in [2.05, 4.69) is 41.0 Å². The first kappa shape index (κ1) is 21.6. The molecule has 0 atom stereocenters. The zero-order chi connectivity index (χ0) is 20.9. The second-order valence-corrected chi connectivity index (χ2v) is 9.15. The number of benzene rings is 1. The molecule has 4 heteroatoms. The molecule has 0 saturated carbocycles. The number of rotatable bonds is 3. The molecular formula is C23H33FNO2. The molecular weight excluding hydrogens is 341 g/mol. The van der Waals surface area contributed by atoms with Crippen molar-refractivity contribution in [3.63, 3.8) is 0 Å². The first-order chi connectivity index (χ1) is 12.2. The standard InChI is InChI=1S/C12H14FNO.C11H19O/c1-7-5-10-8(6-9(7)13)11(15)12(2,3)14(10)4;1-8-7-9(8)10(2,3)11(4,5)12-6/h5-6H,1-4H3;7H,1-6H3. The van der Waals surface area contributed by atoms with Gasteiger partial charge in [-0.2, -0.15) is 0 Å². The summed E-state index contributed by atoms with van der Waals surface area (Å²) >= 11 is 0. The average molecular weight is 375 g/mol. The predicted molar refractivity (Wildman–Crippen MR) is 110 cm³/mol. The number of carbonyl (C=O) groups excluding carboxylic acids is 1. The van der Waals surface area contributed by atoms with Crippen LogP contribution in [-0.4, -0.2) is 31.1 Å². The Balaban J connectivity index is 0.000000199. The number of likely N-dealkylation sites (N-methyl/N-ethyl adjacent to an activating group) is 1. The molecule has 1 aromatic rings. The van der Waals surface area contributed by atoms with Crippen LogP contribution >= 0.6 is 0 Å². The Labute approximate surface area is 163 Å². The molecule has 27 heavy (non-hydrogen) atoms. The maximum Gasteiger partial charge on any atom is 0.189 e. The van der Waals surface area contributed by atoms with Gasteiger partial charge in [-0.1, -0.05) is 25.0 Å². The van der Waals surface area contributed by atoms with Crippen molar-refractivity contribution in [2.24, 2.45) is 5.41 Å². The summed E-state index contributed by atoms with van der Waals surface area (Å²) in [6, 6.07) is 3.08. The van der Waals surface area contributed by atoms with E-state index in [1.807, 2.05) is 25.8 Å². The largest absolute Gasteiger partial charge is 0.378 e. The zero-order valence-corrected chi connectivity index (χ0v) is 18.4. The van der Waals surface area contributed by atoms with Crippen LogP contribution in [0.5, 0.6) is 0 Å². The number of Topliss-reactive ketones (excluding diaryl/α,β-unsaturated/α-hetero) is 1. The summed E-state index contributed by atoms with van der Waals surface area (Å²) in [5, 5.41) is 0. The third kappa shape index (κ3) is 3.56. The Bertz CT molecular complexity index is 803. The fraction of sp³-hybridized carbons (Fsp3) is 0.565. The number of ketones is 1. The molecule has 1 aromatic carbocycles. The number of anilines is 1. The third-order valence-corrected chi connectivity index (χ3v) is 6.67. The van der Waals surface area contributed by atoms with Crippen LogP contribution in [0.3, 0.4) is 0 Å². The maximum atomic E-state index is 13.4. The molecule has 2 aliphatic rings. The van der Waals surface area contributed by atoms with E-state index in [0.29, 0.717) is 11.1 Å². The van der Waals surface area contributed by atoms with Crippen molar-refractivity contribution in [1.82, 2.24) is 0 Å². The van der Waals surface area contributed by atoms with E-state index >= 15 is 0 Å². The Morgan fingerprint density at radius 2 is 1.63 bits per heavy atom. The number of methoxy groups -OCH3 is 1. The van der Waals surface area contributed by atoms with Gasteiger partial charge in [0.05, 0.1) is 11.1 Å². The Hall–Kier alpha value is -1.68. The lowest BCUT2D eigenvalue weighted by Gasteiger charge is -2.39. The summed E-state index contributed by atoms with van der Waals surface area (Å²) in [6.07, 6.45) is 2.24. The Morgan fingerprint density at radius 3 is 2.07 bits per heavy atom. The van der Waals surface area contributed by atoms with Gasteiger partial charge in [-0.15, -0.1) is 0 Å². The molecule has 0 spiro atoms. The SMILES string of the molecule is COC(C)(C)C(C)(C)C1=C(C)[CH]1.Cc1cc2c(cc1F)C(=O)C(C)(C)N2C. The van der Waals surface area contributed by atoms with Gasteiger partial charge in [0.25, 0.3) is 0 Å². The van der Waals surface area contributed by atoms with Gasteiger partial charge >= 0.3 is 0 Å². The highest BCUT2D eigenvalue weighted by molar-refractivity contribution is 6.13. The summed E-state index contributed by atoms with van der Waals surface area (Å²) in [5.74, 6) is -0.327. The van der Waals surface area contributed by atoms with E-state index in [4.69, 9.17) is 4.74 Å². The second-order valence-electron chi connectivity index (χ2n) is 9.15. The van der Waals surface area contributed by atoms with Gasteiger partial charge in [-0.05, 0) is 59.2 Å². The van der Waals surface area contributed by atoms with Crippen molar-refractivity contribution in [3.8, 4) is 0 Å². The maximum absolute atomic E-state index is 13.4. The Kier molecular flexibility index (Phi) is 5.39. The molecule has 0 fully saturated rings. The van der Waals surface area contributed by atoms with Gasteiger partial charge in [0.15, 0.2) is 5.78 Å². The van der Waals surface area contributed by atoms with Crippen molar-refractivity contribution < 1.29 is 13.9 Å². The summed E-state index contributed by atoms with van der Waals surface area (Å²) < 4.78 is 18.9. The molecule has 0 aromatic heterocycles. The van der Waals surface area contributed by atoms with E-state index in [0.717, 1.165) is 5.69 Å². The van der Waals surface area contributed by atoms with Crippen LogP contribution in [0, 0.1) is 24.6 Å². The average Bonchev–Trinajstić information content (AvgIpc) is 3.30. The monoisotopic (exact) mass is 374 g/mol. The molecule has 0 unspecified atom stereocenters. The van der Waals surface area contributed by atoms with Crippen molar-refractivity contribution in [3.05, 3.63) is 46.6 Å². The van der Waals surface area contributed by atoms with Crippen LogP contribution < -0.4 is 4.90 Å². The molecule has 3 nitrogen and oxygen atoms in total. The van der Waals surface area contributed by atoms with Gasteiger partial charge in [-0.25, -0.2) is 4.39 Å². The number of hydrogen-bond acceptors (Lipinski definition) is 3. The lowest BCUT2D eigenvalue weighted by Crippen LogP contribution is -2.42. The van der Waals surface area contributed by atoms with Crippen molar-refractivity contribution in [1.29, 1.82) is 0 Å². The van der Waals surface area contributed by atoms with Crippen LogP contribution in [0.4, 0.5) is 10.1 Å². The number of nitrogens with zero attached hydrogens (tertiary/aromatic N) is 1.